The van der Waals surface area contributed by atoms with E-state index in [2.05, 4.69) is 5.32 Å². The predicted molar refractivity (Wildman–Crippen MR) is 70.9 cm³/mol. The van der Waals surface area contributed by atoms with Crippen molar-refractivity contribution in [1.29, 1.82) is 0 Å². The normalized spacial score (nSPS) is 18.5. The summed E-state index contributed by atoms with van der Waals surface area (Å²) in [7, 11) is 0. The maximum atomic E-state index is 13.4. The van der Waals surface area contributed by atoms with Crippen LogP contribution in [0.2, 0.25) is 0 Å². The van der Waals surface area contributed by atoms with E-state index in [0.29, 0.717) is 11.5 Å². The van der Waals surface area contributed by atoms with Gasteiger partial charge in [-0.25, -0.2) is 4.39 Å². The zero-order chi connectivity index (χ0) is 11.5. The van der Waals surface area contributed by atoms with Crippen LogP contribution in [0.1, 0.15) is 30.0 Å². The molecule has 1 atom stereocenters. The molecule has 0 bridgehead atoms. The van der Waals surface area contributed by atoms with Crippen molar-refractivity contribution in [2.45, 2.75) is 25.8 Å². The van der Waals surface area contributed by atoms with Crippen molar-refractivity contribution in [3.8, 4) is 0 Å². The molecule has 1 aromatic rings. The van der Waals surface area contributed by atoms with Gasteiger partial charge in [0.2, 0.25) is 0 Å². The van der Waals surface area contributed by atoms with Gasteiger partial charge in [0.15, 0.2) is 0 Å². The Kier molecular flexibility index (Phi) is 5.37. The number of nitrogens with two attached hydrogens (primary N) is 1. The van der Waals surface area contributed by atoms with Crippen LogP contribution in [-0.4, -0.2) is 13.1 Å². The molecule has 0 saturated carbocycles. The van der Waals surface area contributed by atoms with Gasteiger partial charge in [-0.15, -0.1) is 12.4 Å². The van der Waals surface area contributed by atoms with Gasteiger partial charge in [0.1, 0.15) is 5.82 Å². The maximum absolute atomic E-state index is 13.4. The lowest BCUT2D eigenvalue weighted by Crippen LogP contribution is -2.33. The first-order valence-corrected chi connectivity index (χ1v) is 5.91. The SMILES string of the molecule is Cc1ccc([C@H](N)C2CCNCC2)cc1F.Cl. The highest BCUT2D eigenvalue weighted by Gasteiger charge is 2.21. The summed E-state index contributed by atoms with van der Waals surface area (Å²) >= 11 is 0. The van der Waals surface area contributed by atoms with E-state index in [-0.39, 0.29) is 24.3 Å². The Hall–Kier alpha value is -0.640. The second kappa shape index (κ2) is 6.34. The second-order valence-corrected chi connectivity index (χ2v) is 4.62. The number of hydrogen-bond donors (Lipinski definition) is 2. The fraction of sp³-hybridized carbons (Fsp3) is 0.538. The van der Waals surface area contributed by atoms with E-state index in [1.807, 2.05) is 12.1 Å². The van der Waals surface area contributed by atoms with E-state index in [0.717, 1.165) is 31.5 Å². The molecule has 1 saturated heterocycles. The molecule has 4 heteroatoms. The Morgan fingerprint density at radius 3 is 2.59 bits per heavy atom. The van der Waals surface area contributed by atoms with Crippen molar-refractivity contribution in [1.82, 2.24) is 5.32 Å². The van der Waals surface area contributed by atoms with E-state index in [1.54, 1.807) is 13.0 Å². The quantitative estimate of drug-likeness (QED) is 0.856. The maximum Gasteiger partial charge on any atom is 0.126 e. The van der Waals surface area contributed by atoms with Gasteiger partial charge < -0.3 is 11.1 Å². The minimum Gasteiger partial charge on any atom is -0.324 e. The molecule has 1 aliphatic rings. The topological polar surface area (TPSA) is 38.0 Å². The number of nitrogens with one attached hydrogen (secondary N) is 1. The first-order valence-electron chi connectivity index (χ1n) is 5.91. The van der Waals surface area contributed by atoms with Crippen LogP contribution in [0.15, 0.2) is 18.2 Å². The fourth-order valence-corrected chi connectivity index (χ4v) is 2.29. The lowest BCUT2D eigenvalue weighted by molar-refractivity contribution is 0.321. The van der Waals surface area contributed by atoms with Crippen molar-refractivity contribution in [3.63, 3.8) is 0 Å². The molecular weight excluding hydrogens is 239 g/mol. The van der Waals surface area contributed by atoms with Crippen molar-refractivity contribution < 1.29 is 4.39 Å². The molecule has 0 amide bonds. The van der Waals surface area contributed by atoms with E-state index >= 15 is 0 Å². The molecule has 0 radical (unpaired) electrons. The lowest BCUT2D eigenvalue weighted by atomic mass is 9.86. The first-order chi connectivity index (χ1) is 7.68. The van der Waals surface area contributed by atoms with Gasteiger partial charge >= 0.3 is 0 Å². The van der Waals surface area contributed by atoms with Crippen LogP contribution in [0.5, 0.6) is 0 Å². The van der Waals surface area contributed by atoms with Gasteiger partial charge in [-0.2, -0.15) is 0 Å². The number of halogens is 2. The smallest absolute Gasteiger partial charge is 0.126 e. The van der Waals surface area contributed by atoms with Crippen molar-refractivity contribution in [2.24, 2.45) is 11.7 Å². The summed E-state index contributed by atoms with van der Waals surface area (Å²) in [6.07, 6.45) is 2.16. The van der Waals surface area contributed by atoms with E-state index in [1.165, 1.54) is 0 Å². The Bertz CT molecular complexity index is 364. The standard InChI is InChI=1S/C13H19FN2.ClH/c1-9-2-3-11(8-12(9)14)13(15)10-4-6-16-7-5-10;/h2-3,8,10,13,16H,4-7,15H2,1H3;1H/t13-;/m1./s1. The summed E-state index contributed by atoms with van der Waals surface area (Å²) in [4.78, 5) is 0. The molecule has 0 aromatic heterocycles. The summed E-state index contributed by atoms with van der Waals surface area (Å²) in [5, 5.41) is 3.31. The lowest BCUT2D eigenvalue weighted by Gasteiger charge is -2.28. The van der Waals surface area contributed by atoms with Crippen LogP contribution >= 0.6 is 12.4 Å². The molecule has 2 rings (SSSR count). The second-order valence-electron chi connectivity index (χ2n) is 4.62. The van der Waals surface area contributed by atoms with Crippen LogP contribution in [-0.2, 0) is 0 Å². The molecule has 0 unspecified atom stereocenters. The zero-order valence-corrected chi connectivity index (χ0v) is 10.9. The minimum atomic E-state index is -0.151. The summed E-state index contributed by atoms with van der Waals surface area (Å²) in [5.74, 6) is 0.324. The summed E-state index contributed by atoms with van der Waals surface area (Å²) in [6.45, 7) is 3.81. The van der Waals surface area contributed by atoms with E-state index < -0.39 is 0 Å². The first kappa shape index (κ1) is 14.4. The average Bonchev–Trinajstić information content (AvgIpc) is 2.33. The summed E-state index contributed by atoms with van der Waals surface area (Å²) < 4.78 is 13.4. The molecule has 96 valence electrons. The van der Waals surface area contributed by atoms with Gasteiger partial charge in [0.25, 0.3) is 0 Å². The Morgan fingerprint density at radius 2 is 2.00 bits per heavy atom. The Balaban J connectivity index is 0.00000144. The third-order valence-corrected chi connectivity index (χ3v) is 3.47. The molecule has 17 heavy (non-hydrogen) atoms. The molecule has 3 N–H and O–H groups in total. The van der Waals surface area contributed by atoms with Gasteiger partial charge in [-0.05, 0) is 56.0 Å². The zero-order valence-electron chi connectivity index (χ0n) is 10.1. The largest absolute Gasteiger partial charge is 0.324 e. The predicted octanol–water partition coefficient (Wildman–Crippen LogP) is 2.56. The van der Waals surface area contributed by atoms with Crippen LogP contribution in [0.4, 0.5) is 4.39 Å². The van der Waals surface area contributed by atoms with Gasteiger partial charge in [0.05, 0.1) is 0 Å². The van der Waals surface area contributed by atoms with Gasteiger partial charge in [-0.3, -0.25) is 0 Å². The number of hydrogen-bond acceptors (Lipinski definition) is 2. The highest BCUT2D eigenvalue weighted by atomic mass is 35.5. The highest BCUT2D eigenvalue weighted by molar-refractivity contribution is 5.85. The molecule has 0 spiro atoms. The molecule has 1 aliphatic heterocycles. The Labute approximate surface area is 108 Å². The number of benzene rings is 1. The molecule has 1 heterocycles. The average molecular weight is 259 g/mol. The number of aryl methyl sites for hydroxylation is 1. The van der Waals surface area contributed by atoms with Crippen LogP contribution < -0.4 is 11.1 Å². The van der Waals surface area contributed by atoms with Crippen molar-refractivity contribution in [3.05, 3.63) is 35.1 Å². The molecule has 2 nitrogen and oxygen atoms in total. The van der Waals surface area contributed by atoms with Crippen LogP contribution in [0.3, 0.4) is 0 Å². The summed E-state index contributed by atoms with van der Waals surface area (Å²) in [5.41, 5.74) is 7.80. The van der Waals surface area contributed by atoms with Crippen molar-refractivity contribution >= 4 is 12.4 Å². The fourth-order valence-electron chi connectivity index (χ4n) is 2.29. The number of rotatable bonds is 2. The minimum absolute atomic E-state index is 0. The Morgan fingerprint density at radius 1 is 1.35 bits per heavy atom. The van der Waals surface area contributed by atoms with Gasteiger partial charge in [-0.1, -0.05) is 12.1 Å². The molecule has 1 fully saturated rings. The van der Waals surface area contributed by atoms with Crippen LogP contribution in [0.25, 0.3) is 0 Å². The van der Waals surface area contributed by atoms with Crippen LogP contribution in [0, 0.1) is 18.7 Å². The third kappa shape index (κ3) is 3.41. The number of piperidine rings is 1. The molecular formula is C13H20ClFN2. The third-order valence-electron chi connectivity index (χ3n) is 3.47. The summed E-state index contributed by atoms with van der Waals surface area (Å²) in [6, 6.07) is 5.32. The van der Waals surface area contributed by atoms with E-state index in [4.69, 9.17) is 5.73 Å². The van der Waals surface area contributed by atoms with E-state index in [9.17, 15) is 4.39 Å². The van der Waals surface area contributed by atoms with Crippen molar-refractivity contribution in [2.75, 3.05) is 13.1 Å². The molecule has 0 aliphatic carbocycles. The van der Waals surface area contributed by atoms with Gasteiger partial charge in [0, 0.05) is 6.04 Å². The highest BCUT2D eigenvalue weighted by Crippen LogP contribution is 2.27. The molecule has 1 aromatic carbocycles. The monoisotopic (exact) mass is 258 g/mol.